The maximum Gasteiger partial charge on any atom is 0.208 e. The SMILES string of the molecule is Cc1nc(Cl)n(-c2cccc(F)c2)c1-c1c(F)cc(C#N)cc1F. The Morgan fingerprint density at radius 3 is 2.38 bits per heavy atom. The third-order valence-electron chi connectivity index (χ3n) is 3.49. The third kappa shape index (κ3) is 2.63. The Bertz CT molecular complexity index is 966. The van der Waals surface area contributed by atoms with E-state index >= 15 is 0 Å². The number of hydrogen-bond acceptors (Lipinski definition) is 2. The molecule has 0 saturated heterocycles. The largest absolute Gasteiger partial charge is 0.283 e. The average molecular weight is 348 g/mol. The molecule has 0 bridgehead atoms. The van der Waals surface area contributed by atoms with Crippen LogP contribution in [0.15, 0.2) is 36.4 Å². The molecule has 0 atom stereocenters. The van der Waals surface area contributed by atoms with Crippen molar-refractivity contribution in [1.29, 1.82) is 5.26 Å². The van der Waals surface area contributed by atoms with Crippen molar-refractivity contribution in [2.45, 2.75) is 6.92 Å². The van der Waals surface area contributed by atoms with E-state index in [4.69, 9.17) is 16.9 Å². The molecule has 0 aliphatic carbocycles. The summed E-state index contributed by atoms with van der Waals surface area (Å²) in [5.74, 6) is -2.38. The average Bonchev–Trinajstić information content (AvgIpc) is 2.81. The zero-order valence-corrected chi connectivity index (χ0v) is 13.1. The lowest BCUT2D eigenvalue weighted by atomic mass is 10.1. The summed E-state index contributed by atoms with van der Waals surface area (Å²) in [6, 6.07) is 8.94. The number of hydrogen-bond donors (Lipinski definition) is 0. The number of aromatic nitrogens is 2. The number of rotatable bonds is 2. The number of nitrogens with zero attached hydrogens (tertiary/aromatic N) is 3. The highest BCUT2D eigenvalue weighted by atomic mass is 35.5. The van der Waals surface area contributed by atoms with Crippen molar-refractivity contribution < 1.29 is 13.2 Å². The molecule has 3 nitrogen and oxygen atoms in total. The van der Waals surface area contributed by atoms with Gasteiger partial charge in [0.1, 0.15) is 17.5 Å². The van der Waals surface area contributed by atoms with E-state index in [1.165, 1.54) is 29.7 Å². The summed E-state index contributed by atoms with van der Waals surface area (Å²) in [4.78, 5) is 4.03. The first-order chi connectivity index (χ1) is 11.4. The maximum absolute atomic E-state index is 14.4. The van der Waals surface area contributed by atoms with Gasteiger partial charge in [0, 0.05) is 0 Å². The summed E-state index contributed by atoms with van der Waals surface area (Å²) in [6.45, 7) is 1.54. The van der Waals surface area contributed by atoms with Gasteiger partial charge >= 0.3 is 0 Å². The molecular weight excluding hydrogens is 339 g/mol. The molecule has 2 aromatic carbocycles. The van der Waals surface area contributed by atoms with Crippen LogP contribution in [0.25, 0.3) is 16.9 Å². The Morgan fingerprint density at radius 1 is 1.12 bits per heavy atom. The molecule has 0 saturated carbocycles. The van der Waals surface area contributed by atoms with Gasteiger partial charge < -0.3 is 0 Å². The first kappa shape index (κ1) is 16.1. The molecule has 0 amide bonds. The molecule has 1 aromatic heterocycles. The minimum atomic E-state index is -0.927. The zero-order valence-electron chi connectivity index (χ0n) is 12.3. The van der Waals surface area contributed by atoms with Crippen molar-refractivity contribution in [1.82, 2.24) is 9.55 Å². The van der Waals surface area contributed by atoms with Crippen LogP contribution in [0.5, 0.6) is 0 Å². The Labute approximate surface area is 140 Å². The molecular formula is C17H9ClF3N3. The van der Waals surface area contributed by atoms with E-state index in [1.807, 2.05) is 0 Å². The standard InChI is InChI=1S/C17H9ClF3N3/c1-9-16(15-13(20)5-10(8-22)6-14(15)21)24(17(18)23-9)12-4-2-3-11(19)7-12/h2-7H,1H3. The second kappa shape index (κ2) is 6.02. The summed E-state index contributed by atoms with van der Waals surface area (Å²) in [6.07, 6.45) is 0. The lowest BCUT2D eigenvalue weighted by Gasteiger charge is -2.12. The van der Waals surface area contributed by atoms with E-state index in [9.17, 15) is 13.2 Å². The molecule has 120 valence electrons. The molecule has 24 heavy (non-hydrogen) atoms. The van der Waals surface area contributed by atoms with Crippen molar-refractivity contribution in [3.8, 4) is 23.0 Å². The van der Waals surface area contributed by atoms with E-state index in [0.717, 1.165) is 12.1 Å². The molecule has 0 unspecified atom stereocenters. The van der Waals surface area contributed by atoms with Gasteiger partial charge in [0.2, 0.25) is 5.28 Å². The van der Waals surface area contributed by atoms with Crippen molar-refractivity contribution in [2.75, 3.05) is 0 Å². The normalized spacial score (nSPS) is 10.7. The van der Waals surface area contributed by atoms with E-state index in [2.05, 4.69) is 4.98 Å². The zero-order chi connectivity index (χ0) is 17.4. The molecule has 1 heterocycles. The second-order valence-corrected chi connectivity index (χ2v) is 5.39. The highest BCUT2D eigenvalue weighted by Crippen LogP contribution is 2.34. The number of halogens is 4. The monoisotopic (exact) mass is 347 g/mol. The lowest BCUT2D eigenvalue weighted by Crippen LogP contribution is -2.02. The first-order valence-electron chi connectivity index (χ1n) is 6.82. The summed E-state index contributed by atoms with van der Waals surface area (Å²) in [5.41, 5.74) is 0.0834. The number of aryl methyl sites for hydroxylation is 1. The fraction of sp³-hybridized carbons (Fsp3) is 0.0588. The predicted octanol–water partition coefficient (Wildman–Crippen LogP) is 4.79. The van der Waals surface area contributed by atoms with Gasteiger partial charge in [-0.05, 0) is 48.9 Å². The molecule has 3 rings (SSSR count). The minimum absolute atomic E-state index is 0.0590. The van der Waals surface area contributed by atoms with Crippen molar-refractivity contribution in [2.24, 2.45) is 0 Å². The van der Waals surface area contributed by atoms with Crippen LogP contribution in [-0.2, 0) is 0 Å². The van der Waals surface area contributed by atoms with Crippen LogP contribution < -0.4 is 0 Å². The van der Waals surface area contributed by atoms with Crippen LogP contribution in [0.1, 0.15) is 11.3 Å². The lowest BCUT2D eigenvalue weighted by molar-refractivity contribution is 0.587. The van der Waals surface area contributed by atoms with Crippen LogP contribution in [0, 0.1) is 35.7 Å². The van der Waals surface area contributed by atoms with Gasteiger partial charge in [-0.2, -0.15) is 5.26 Å². The first-order valence-corrected chi connectivity index (χ1v) is 7.20. The fourth-order valence-electron chi connectivity index (χ4n) is 2.50. The number of imidazole rings is 1. The van der Waals surface area contributed by atoms with Gasteiger partial charge in [0.25, 0.3) is 0 Å². The smallest absolute Gasteiger partial charge is 0.208 e. The molecule has 0 N–H and O–H groups in total. The molecule has 0 aliphatic rings. The maximum atomic E-state index is 14.4. The summed E-state index contributed by atoms with van der Waals surface area (Å²) < 4.78 is 43.6. The Morgan fingerprint density at radius 2 is 1.79 bits per heavy atom. The number of nitriles is 1. The fourth-order valence-corrected chi connectivity index (χ4v) is 2.81. The van der Waals surface area contributed by atoms with E-state index in [1.54, 1.807) is 12.1 Å². The van der Waals surface area contributed by atoms with Crippen LogP contribution in [0.3, 0.4) is 0 Å². The second-order valence-electron chi connectivity index (χ2n) is 5.06. The number of benzene rings is 2. The van der Waals surface area contributed by atoms with E-state index in [-0.39, 0.29) is 33.5 Å². The summed E-state index contributed by atoms with van der Waals surface area (Å²) in [7, 11) is 0. The highest BCUT2D eigenvalue weighted by Gasteiger charge is 2.23. The van der Waals surface area contributed by atoms with Crippen molar-refractivity contribution in [3.63, 3.8) is 0 Å². The minimum Gasteiger partial charge on any atom is -0.283 e. The molecule has 0 spiro atoms. The highest BCUT2D eigenvalue weighted by molar-refractivity contribution is 6.29. The Hall–Kier alpha value is -2.78. The topological polar surface area (TPSA) is 41.6 Å². The van der Waals surface area contributed by atoms with Gasteiger partial charge in [-0.1, -0.05) is 6.07 Å². The van der Waals surface area contributed by atoms with Crippen LogP contribution in [-0.4, -0.2) is 9.55 Å². The van der Waals surface area contributed by atoms with Crippen LogP contribution in [0.4, 0.5) is 13.2 Å². The van der Waals surface area contributed by atoms with Crippen molar-refractivity contribution in [3.05, 3.63) is 70.4 Å². The van der Waals surface area contributed by atoms with Gasteiger partial charge in [-0.25, -0.2) is 18.2 Å². The molecule has 0 fully saturated rings. The van der Waals surface area contributed by atoms with Crippen LogP contribution in [0.2, 0.25) is 5.28 Å². The quantitative estimate of drug-likeness (QED) is 0.668. The Balaban J connectivity index is 2.34. The summed E-state index contributed by atoms with van der Waals surface area (Å²) in [5, 5.41) is 8.75. The summed E-state index contributed by atoms with van der Waals surface area (Å²) >= 11 is 6.08. The molecule has 0 aliphatic heterocycles. The van der Waals surface area contributed by atoms with Gasteiger partial charge in [0.05, 0.1) is 34.3 Å². The van der Waals surface area contributed by atoms with Crippen molar-refractivity contribution >= 4 is 11.6 Å². The van der Waals surface area contributed by atoms with E-state index in [0.29, 0.717) is 0 Å². The van der Waals surface area contributed by atoms with Gasteiger partial charge in [0.15, 0.2) is 0 Å². The molecule has 0 radical (unpaired) electrons. The molecule has 7 heteroatoms. The molecule has 3 aromatic rings. The van der Waals surface area contributed by atoms with E-state index < -0.39 is 17.5 Å². The Kier molecular flexibility index (Phi) is 4.04. The van der Waals surface area contributed by atoms with Crippen LogP contribution >= 0.6 is 11.6 Å². The van der Waals surface area contributed by atoms with Gasteiger partial charge in [-0.3, -0.25) is 4.57 Å². The predicted molar refractivity (Wildman–Crippen MR) is 83.3 cm³/mol. The third-order valence-corrected chi connectivity index (χ3v) is 3.74. The van der Waals surface area contributed by atoms with Gasteiger partial charge in [-0.15, -0.1) is 0 Å².